The number of oxime groups is 1. The molecule has 20 heavy (non-hydrogen) atoms. The van der Waals surface area contributed by atoms with Gasteiger partial charge in [0.1, 0.15) is 17.2 Å². The molecule has 0 saturated heterocycles. The summed E-state index contributed by atoms with van der Waals surface area (Å²) in [7, 11) is 0. The number of hydrogen-bond donors (Lipinski definition) is 3. The molecule has 0 bridgehead atoms. The standard InChI is InChI=1S/C13H20N4O3/c1-8-7-15-10(20-8)9(2)16-12(18)13(11(14)17-19)5-3-4-6-13/h7,9,19H,3-6H2,1-2H3,(H2,14,17)(H,16,18). The molecule has 1 amide bonds. The van der Waals surface area contributed by atoms with E-state index in [1.54, 1.807) is 20.0 Å². The van der Waals surface area contributed by atoms with Crippen LogP contribution >= 0.6 is 0 Å². The number of amidine groups is 1. The molecule has 110 valence electrons. The number of oxazole rings is 1. The van der Waals surface area contributed by atoms with Gasteiger partial charge in [0.15, 0.2) is 5.84 Å². The number of aromatic nitrogens is 1. The smallest absolute Gasteiger partial charge is 0.234 e. The molecule has 7 nitrogen and oxygen atoms in total. The highest BCUT2D eigenvalue weighted by atomic mass is 16.4. The average Bonchev–Trinajstić information content (AvgIpc) is 3.07. The van der Waals surface area contributed by atoms with Crippen LogP contribution in [0.2, 0.25) is 0 Å². The maximum absolute atomic E-state index is 12.5. The number of hydrogen-bond acceptors (Lipinski definition) is 5. The molecule has 0 aromatic carbocycles. The molecule has 1 unspecified atom stereocenters. The summed E-state index contributed by atoms with van der Waals surface area (Å²) in [5, 5.41) is 14.8. The van der Waals surface area contributed by atoms with Crippen molar-refractivity contribution in [2.24, 2.45) is 16.3 Å². The lowest BCUT2D eigenvalue weighted by molar-refractivity contribution is -0.128. The van der Waals surface area contributed by atoms with Crippen molar-refractivity contribution in [2.75, 3.05) is 0 Å². The summed E-state index contributed by atoms with van der Waals surface area (Å²) in [4.78, 5) is 16.6. The van der Waals surface area contributed by atoms with Crippen LogP contribution < -0.4 is 11.1 Å². The molecular weight excluding hydrogens is 260 g/mol. The largest absolute Gasteiger partial charge is 0.444 e. The molecule has 7 heteroatoms. The van der Waals surface area contributed by atoms with Gasteiger partial charge in [-0.1, -0.05) is 18.0 Å². The lowest BCUT2D eigenvalue weighted by Crippen LogP contribution is -2.48. The summed E-state index contributed by atoms with van der Waals surface area (Å²) in [5.41, 5.74) is 4.82. The number of amides is 1. The second-order valence-electron chi connectivity index (χ2n) is 5.28. The van der Waals surface area contributed by atoms with E-state index in [-0.39, 0.29) is 17.8 Å². The number of nitrogens with two attached hydrogens (primary N) is 1. The summed E-state index contributed by atoms with van der Waals surface area (Å²) in [6.45, 7) is 3.58. The molecule has 2 rings (SSSR count). The van der Waals surface area contributed by atoms with Gasteiger partial charge in [-0.3, -0.25) is 4.79 Å². The van der Waals surface area contributed by atoms with Crippen LogP contribution in [0.15, 0.2) is 15.8 Å². The summed E-state index contributed by atoms with van der Waals surface area (Å²) < 4.78 is 5.39. The minimum atomic E-state index is -0.912. The van der Waals surface area contributed by atoms with E-state index >= 15 is 0 Å². The lowest BCUT2D eigenvalue weighted by Gasteiger charge is -2.27. The van der Waals surface area contributed by atoms with Crippen molar-refractivity contribution >= 4 is 11.7 Å². The number of carbonyl (C=O) groups excluding carboxylic acids is 1. The van der Waals surface area contributed by atoms with Crippen LogP contribution in [0.1, 0.15) is 50.3 Å². The van der Waals surface area contributed by atoms with Crippen LogP contribution in [0.4, 0.5) is 0 Å². The van der Waals surface area contributed by atoms with Gasteiger partial charge in [0.25, 0.3) is 0 Å². The fourth-order valence-corrected chi connectivity index (χ4v) is 2.64. The molecule has 1 aliphatic carbocycles. The van der Waals surface area contributed by atoms with Crippen molar-refractivity contribution in [2.45, 2.75) is 45.6 Å². The number of aryl methyl sites for hydroxylation is 1. The Morgan fingerprint density at radius 2 is 2.25 bits per heavy atom. The molecule has 0 aliphatic heterocycles. The highest BCUT2D eigenvalue weighted by molar-refractivity contribution is 6.07. The van der Waals surface area contributed by atoms with Gasteiger partial charge < -0.3 is 20.7 Å². The Kier molecular flexibility index (Phi) is 3.96. The normalized spacial score (nSPS) is 19.8. The van der Waals surface area contributed by atoms with Crippen LogP contribution in [-0.4, -0.2) is 21.9 Å². The minimum Gasteiger partial charge on any atom is -0.444 e. The van der Waals surface area contributed by atoms with Gasteiger partial charge in [0.2, 0.25) is 11.8 Å². The van der Waals surface area contributed by atoms with E-state index in [0.717, 1.165) is 12.8 Å². The van der Waals surface area contributed by atoms with Crippen LogP contribution in [0.25, 0.3) is 0 Å². The van der Waals surface area contributed by atoms with E-state index in [9.17, 15) is 4.79 Å². The predicted octanol–water partition coefficient (Wildman–Crippen LogP) is 1.47. The van der Waals surface area contributed by atoms with Crippen LogP contribution in [0.3, 0.4) is 0 Å². The Labute approximate surface area is 117 Å². The highest BCUT2D eigenvalue weighted by Crippen LogP contribution is 2.39. The van der Waals surface area contributed by atoms with Crippen molar-refractivity contribution in [1.29, 1.82) is 0 Å². The zero-order chi connectivity index (χ0) is 14.8. The first kappa shape index (κ1) is 14.4. The Morgan fingerprint density at radius 3 is 2.75 bits per heavy atom. The first-order valence-corrected chi connectivity index (χ1v) is 6.71. The van der Waals surface area contributed by atoms with Crippen LogP contribution in [-0.2, 0) is 4.79 Å². The molecule has 0 radical (unpaired) electrons. The van der Waals surface area contributed by atoms with E-state index in [1.165, 1.54) is 0 Å². The Balaban J connectivity index is 2.13. The highest BCUT2D eigenvalue weighted by Gasteiger charge is 2.46. The summed E-state index contributed by atoms with van der Waals surface area (Å²) >= 11 is 0. The third-order valence-electron chi connectivity index (χ3n) is 3.85. The van der Waals surface area contributed by atoms with Gasteiger partial charge in [-0.25, -0.2) is 4.98 Å². The quantitative estimate of drug-likeness (QED) is 0.334. The molecule has 4 N–H and O–H groups in total. The van der Waals surface area contributed by atoms with Gasteiger partial charge in [0, 0.05) is 0 Å². The second kappa shape index (κ2) is 5.52. The number of carbonyl (C=O) groups is 1. The average molecular weight is 280 g/mol. The monoisotopic (exact) mass is 280 g/mol. The van der Waals surface area contributed by atoms with Gasteiger partial charge in [-0.05, 0) is 26.7 Å². The van der Waals surface area contributed by atoms with E-state index in [2.05, 4.69) is 15.5 Å². The summed E-state index contributed by atoms with van der Waals surface area (Å²) in [6, 6.07) is -0.361. The van der Waals surface area contributed by atoms with Gasteiger partial charge >= 0.3 is 0 Å². The van der Waals surface area contributed by atoms with Gasteiger partial charge in [-0.15, -0.1) is 0 Å². The van der Waals surface area contributed by atoms with Crippen molar-refractivity contribution in [3.05, 3.63) is 17.8 Å². The van der Waals surface area contributed by atoms with Gasteiger partial charge in [0.05, 0.1) is 6.20 Å². The summed E-state index contributed by atoms with van der Waals surface area (Å²) in [6.07, 6.45) is 4.55. The Bertz CT molecular complexity index is 517. The third kappa shape index (κ3) is 2.48. The van der Waals surface area contributed by atoms with Crippen molar-refractivity contribution < 1.29 is 14.4 Å². The maximum Gasteiger partial charge on any atom is 0.234 e. The first-order valence-electron chi connectivity index (χ1n) is 6.71. The van der Waals surface area contributed by atoms with E-state index in [1.807, 2.05) is 0 Å². The van der Waals surface area contributed by atoms with Crippen LogP contribution in [0.5, 0.6) is 0 Å². The fourth-order valence-electron chi connectivity index (χ4n) is 2.64. The first-order chi connectivity index (χ1) is 9.49. The summed E-state index contributed by atoms with van der Waals surface area (Å²) in [5.74, 6) is 0.869. The number of nitrogens with zero attached hydrogens (tertiary/aromatic N) is 2. The maximum atomic E-state index is 12.5. The molecular formula is C13H20N4O3. The number of nitrogens with one attached hydrogen (secondary N) is 1. The molecule has 1 aromatic heterocycles. The number of rotatable bonds is 4. The fraction of sp³-hybridized carbons (Fsp3) is 0.615. The van der Waals surface area contributed by atoms with Crippen molar-refractivity contribution in [3.8, 4) is 0 Å². The van der Waals surface area contributed by atoms with E-state index in [0.29, 0.717) is 24.5 Å². The molecule has 0 spiro atoms. The van der Waals surface area contributed by atoms with Crippen molar-refractivity contribution in [3.63, 3.8) is 0 Å². The molecule has 1 aliphatic rings. The topological polar surface area (TPSA) is 114 Å². The molecule has 1 aromatic rings. The molecule has 1 saturated carbocycles. The van der Waals surface area contributed by atoms with E-state index < -0.39 is 5.41 Å². The lowest BCUT2D eigenvalue weighted by atomic mass is 9.83. The Hall–Kier alpha value is -2.05. The third-order valence-corrected chi connectivity index (χ3v) is 3.85. The minimum absolute atomic E-state index is 0.0247. The van der Waals surface area contributed by atoms with Crippen LogP contribution in [0, 0.1) is 12.3 Å². The Morgan fingerprint density at radius 1 is 1.60 bits per heavy atom. The zero-order valence-corrected chi connectivity index (χ0v) is 11.7. The zero-order valence-electron chi connectivity index (χ0n) is 11.7. The second-order valence-corrected chi connectivity index (χ2v) is 5.28. The van der Waals surface area contributed by atoms with E-state index in [4.69, 9.17) is 15.4 Å². The molecule has 1 atom stereocenters. The van der Waals surface area contributed by atoms with Crippen molar-refractivity contribution in [1.82, 2.24) is 10.3 Å². The predicted molar refractivity (Wildman–Crippen MR) is 72.1 cm³/mol. The molecule has 1 heterocycles. The van der Waals surface area contributed by atoms with Gasteiger partial charge in [-0.2, -0.15) is 0 Å². The molecule has 1 fully saturated rings. The SMILES string of the molecule is Cc1cnc(C(C)NC(=O)C2(/C(N)=N/O)CCCC2)o1.